The van der Waals surface area contributed by atoms with Crippen LogP contribution < -0.4 is 10.3 Å². The first-order valence-corrected chi connectivity index (χ1v) is 9.94. The van der Waals surface area contributed by atoms with Gasteiger partial charge in [-0.1, -0.05) is 6.07 Å². The SMILES string of the molecule is COC(=O)c1ccc2c(c1)CN(c1cc3c(cc1F)c(=O)c(C(=O)O)cn3C1CC1)C2. The van der Waals surface area contributed by atoms with E-state index in [1.165, 1.54) is 13.3 Å². The van der Waals surface area contributed by atoms with Gasteiger partial charge in [0, 0.05) is 30.7 Å². The standard InChI is InChI=1S/C23H19FN2O5/c1-31-23(30)12-2-3-13-9-25(10-14(13)6-12)20-8-19-16(7-18(20)24)21(27)17(22(28)29)11-26(19)15-4-5-15/h2-3,6-8,11,15H,4-5,9-10H2,1H3,(H,28,29). The van der Waals surface area contributed by atoms with Crippen LogP contribution in [0.15, 0.2) is 41.3 Å². The van der Waals surface area contributed by atoms with E-state index in [-0.39, 0.29) is 17.0 Å². The van der Waals surface area contributed by atoms with E-state index in [1.807, 2.05) is 11.0 Å². The van der Waals surface area contributed by atoms with Crippen molar-refractivity contribution in [3.63, 3.8) is 0 Å². The van der Waals surface area contributed by atoms with Gasteiger partial charge < -0.3 is 19.3 Å². The summed E-state index contributed by atoms with van der Waals surface area (Å²) in [6.07, 6.45) is 3.14. The summed E-state index contributed by atoms with van der Waals surface area (Å²) in [6, 6.07) is 8.14. The third kappa shape index (κ3) is 3.15. The molecule has 1 aromatic heterocycles. The minimum absolute atomic E-state index is 0.0674. The second-order valence-electron chi connectivity index (χ2n) is 7.97. The number of ether oxygens (including phenoxy) is 1. The molecule has 1 saturated carbocycles. The Kier molecular flexibility index (Phi) is 4.32. The molecule has 0 amide bonds. The maximum Gasteiger partial charge on any atom is 0.341 e. The first-order chi connectivity index (χ1) is 14.9. The molecule has 2 aromatic carbocycles. The van der Waals surface area contributed by atoms with E-state index < -0.39 is 23.2 Å². The van der Waals surface area contributed by atoms with Crippen LogP contribution >= 0.6 is 0 Å². The number of aromatic nitrogens is 1. The maximum absolute atomic E-state index is 15.1. The third-order valence-electron chi connectivity index (χ3n) is 5.96. The first-order valence-electron chi connectivity index (χ1n) is 9.94. The van der Waals surface area contributed by atoms with Gasteiger partial charge in [-0.2, -0.15) is 0 Å². The zero-order valence-corrected chi connectivity index (χ0v) is 16.7. The van der Waals surface area contributed by atoms with E-state index in [0.29, 0.717) is 29.9 Å². The van der Waals surface area contributed by atoms with Crippen LogP contribution in [0.3, 0.4) is 0 Å². The molecule has 7 nitrogen and oxygen atoms in total. The summed E-state index contributed by atoms with van der Waals surface area (Å²) >= 11 is 0. The Labute approximate surface area is 176 Å². The van der Waals surface area contributed by atoms with E-state index >= 15 is 4.39 Å². The van der Waals surface area contributed by atoms with Gasteiger partial charge in [-0.3, -0.25) is 4.79 Å². The van der Waals surface area contributed by atoms with Gasteiger partial charge in [-0.05, 0) is 48.2 Å². The van der Waals surface area contributed by atoms with Crippen molar-refractivity contribution in [3.05, 3.63) is 74.8 Å². The largest absolute Gasteiger partial charge is 0.477 e. The first kappa shape index (κ1) is 19.3. The number of nitrogens with zero attached hydrogens (tertiary/aromatic N) is 2. The van der Waals surface area contributed by atoms with Crippen LogP contribution in [0.1, 0.15) is 50.7 Å². The number of pyridine rings is 1. The van der Waals surface area contributed by atoms with E-state index in [2.05, 4.69) is 0 Å². The van der Waals surface area contributed by atoms with Gasteiger partial charge in [0.25, 0.3) is 0 Å². The lowest BCUT2D eigenvalue weighted by Crippen LogP contribution is -2.21. The summed E-state index contributed by atoms with van der Waals surface area (Å²) in [5.74, 6) is -2.33. The number of hydrogen-bond donors (Lipinski definition) is 1. The molecule has 5 rings (SSSR count). The summed E-state index contributed by atoms with van der Waals surface area (Å²) in [7, 11) is 1.32. The number of benzene rings is 2. The van der Waals surface area contributed by atoms with Crippen LogP contribution in [0.5, 0.6) is 0 Å². The Bertz CT molecular complexity index is 1330. The number of aromatic carboxylic acids is 1. The molecule has 1 aliphatic carbocycles. The van der Waals surface area contributed by atoms with Gasteiger partial charge in [0.2, 0.25) is 5.43 Å². The third-order valence-corrected chi connectivity index (χ3v) is 5.96. The molecule has 31 heavy (non-hydrogen) atoms. The minimum Gasteiger partial charge on any atom is -0.477 e. The molecular formula is C23H19FN2O5. The van der Waals surface area contributed by atoms with Crippen molar-refractivity contribution in [2.75, 3.05) is 12.0 Å². The number of anilines is 1. The quantitative estimate of drug-likeness (QED) is 0.648. The molecule has 0 atom stereocenters. The zero-order valence-electron chi connectivity index (χ0n) is 16.7. The molecule has 2 aliphatic rings. The van der Waals surface area contributed by atoms with E-state index in [4.69, 9.17) is 4.74 Å². The van der Waals surface area contributed by atoms with E-state index in [9.17, 15) is 19.5 Å². The molecule has 8 heteroatoms. The zero-order chi connectivity index (χ0) is 21.9. The van der Waals surface area contributed by atoms with E-state index in [0.717, 1.165) is 30.0 Å². The predicted molar refractivity (Wildman–Crippen MR) is 111 cm³/mol. The van der Waals surface area contributed by atoms with E-state index in [1.54, 1.807) is 22.8 Å². The molecule has 1 aliphatic heterocycles. The van der Waals surface area contributed by atoms with Crippen LogP contribution in [0, 0.1) is 5.82 Å². The highest BCUT2D eigenvalue weighted by molar-refractivity contribution is 5.94. The van der Waals surface area contributed by atoms with Crippen LogP contribution in [0.2, 0.25) is 0 Å². The minimum atomic E-state index is -1.32. The number of fused-ring (bicyclic) bond motifs is 2. The van der Waals surface area contributed by atoms with Crippen molar-refractivity contribution in [3.8, 4) is 0 Å². The van der Waals surface area contributed by atoms with Crippen molar-refractivity contribution in [2.45, 2.75) is 32.0 Å². The van der Waals surface area contributed by atoms with Crippen LogP contribution in [-0.4, -0.2) is 28.7 Å². The van der Waals surface area contributed by atoms with Crippen molar-refractivity contribution < 1.29 is 23.8 Å². The molecular weight excluding hydrogens is 403 g/mol. The highest BCUT2D eigenvalue weighted by atomic mass is 19.1. The van der Waals surface area contributed by atoms with Crippen molar-refractivity contribution in [1.82, 2.24) is 4.57 Å². The topological polar surface area (TPSA) is 88.8 Å². The van der Waals surface area contributed by atoms with Crippen LogP contribution in [0.25, 0.3) is 10.9 Å². The molecule has 2 heterocycles. The molecule has 1 N–H and O–H groups in total. The Hall–Kier alpha value is -3.68. The Morgan fingerprint density at radius 2 is 1.87 bits per heavy atom. The lowest BCUT2D eigenvalue weighted by Gasteiger charge is -2.21. The highest BCUT2D eigenvalue weighted by Gasteiger charge is 2.29. The smallest absolute Gasteiger partial charge is 0.341 e. The molecule has 0 spiro atoms. The normalized spacial score (nSPS) is 15.2. The van der Waals surface area contributed by atoms with Gasteiger partial charge in [-0.25, -0.2) is 14.0 Å². The fraction of sp³-hybridized carbons (Fsp3) is 0.261. The number of esters is 1. The van der Waals surface area contributed by atoms with Gasteiger partial charge in [0.15, 0.2) is 0 Å². The average Bonchev–Trinajstić information content (AvgIpc) is 3.51. The van der Waals surface area contributed by atoms with Crippen molar-refractivity contribution in [2.24, 2.45) is 0 Å². The molecule has 0 saturated heterocycles. The lowest BCUT2D eigenvalue weighted by molar-refractivity contribution is 0.0599. The average molecular weight is 422 g/mol. The number of hydrogen-bond acceptors (Lipinski definition) is 5. The summed E-state index contributed by atoms with van der Waals surface area (Å²) in [5, 5.41) is 9.45. The summed E-state index contributed by atoms with van der Waals surface area (Å²) < 4.78 is 21.7. The summed E-state index contributed by atoms with van der Waals surface area (Å²) in [6.45, 7) is 0.865. The number of carboxylic acid groups (broad SMARTS) is 1. The summed E-state index contributed by atoms with van der Waals surface area (Å²) in [4.78, 5) is 37.8. The highest BCUT2D eigenvalue weighted by Crippen LogP contribution is 2.39. The number of halogens is 1. The van der Waals surface area contributed by atoms with Crippen molar-refractivity contribution >= 4 is 28.5 Å². The van der Waals surface area contributed by atoms with Crippen LogP contribution in [0.4, 0.5) is 10.1 Å². The second-order valence-corrected chi connectivity index (χ2v) is 7.97. The van der Waals surface area contributed by atoms with Gasteiger partial charge >= 0.3 is 11.9 Å². The number of carbonyl (C=O) groups excluding carboxylic acids is 1. The van der Waals surface area contributed by atoms with Crippen molar-refractivity contribution in [1.29, 1.82) is 0 Å². The Morgan fingerprint density at radius 3 is 2.55 bits per heavy atom. The molecule has 158 valence electrons. The van der Waals surface area contributed by atoms with Gasteiger partial charge in [0.05, 0.1) is 23.9 Å². The summed E-state index contributed by atoms with van der Waals surface area (Å²) in [5.41, 5.74) is 2.15. The monoisotopic (exact) mass is 422 g/mol. The number of methoxy groups -OCH3 is 1. The van der Waals surface area contributed by atoms with Crippen LogP contribution in [-0.2, 0) is 17.8 Å². The Balaban J connectivity index is 1.59. The number of rotatable bonds is 4. The molecule has 3 aromatic rings. The number of carboxylic acids is 1. The molecule has 0 bridgehead atoms. The fourth-order valence-corrected chi connectivity index (χ4v) is 4.22. The Morgan fingerprint density at radius 1 is 1.13 bits per heavy atom. The van der Waals surface area contributed by atoms with Gasteiger partial charge in [0.1, 0.15) is 11.4 Å². The number of carbonyl (C=O) groups is 2. The van der Waals surface area contributed by atoms with Gasteiger partial charge in [-0.15, -0.1) is 0 Å². The lowest BCUT2D eigenvalue weighted by atomic mass is 10.1. The fourth-order valence-electron chi connectivity index (χ4n) is 4.22. The predicted octanol–water partition coefficient (Wildman–Crippen LogP) is 3.48. The second kappa shape index (κ2) is 6.94. The maximum atomic E-state index is 15.1. The molecule has 0 unspecified atom stereocenters. The molecule has 0 radical (unpaired) electrons. The molecule has 1 fully saturated rings.